The lowest BCUT2D eigenvalue weighted by atomic mass is 10.1. The van der Waals surface area contributed by atoms with Crippen molar-refractivity contribution in [2.75, 3.05) is 39.2 Å². The van der Waals surface area contributed by atoms with Crippen molar-refractivity contribution >= 4 is 95.0 Å². The van der Waals surface area contributed by atoms with Gasteiger partial charge in [0, 0.05) is 0 Å². The fraction of sp³-hybridized carbons (Fsp3) is 0.300. The molecule has 0 aliphatic heterocycles. The van der Waals surface area contributed by atoms with Gasteiger partial charge < -0.3 is 0 Å². The molecule has 0 aliphatic rings. The van der Waals surface area contributed by atoms with Crippen LogP contribution >= 0.6 is 0 Å². The molecule has 434 valence electrons. The number of oxime groups is 2. The van der Waals surface area contributed by atoms with Gasteiger partial charge in [0.15, 0.2) is 0 Å². The predicted molar refractivity (Wildman–Crippen MR) is 336 cm³/mol. The first-order chi connectivity index (χ1) is 36.0. The highest BCUT2D eigenvalue weighted by Gasteiger charge is 2.06. The van der Waals surface area contributed by atoms with Crippen molar-refractivity contribution in [2.45, 2.75) is 84.1 Å². The highest BCUT2D eigenvalue weighted by atomic mass is 32.2. The highest BCUT2D eigenvalue weighted by Crippen LogP contribution is 2.14. The molecule has 0 aliphatic carbocycles. The summed E-state index contributed by atoms with van der Waals surface area (Å²) in [6.45, 7) is 18.8. The van der Waals surface area contributed by atoms with Gasteiger partial charge in [-0.05, 0) is 56.9 Å². The summed E-state index contributed by atoms with van der Waals surface area (Å²) in [7, 11) is -11.5. The second kappa shape index (κ2) is 46.5. The Bertz CT molecular complexity index is 2690. The maximum absolute atomic E-state index is 10.6. The molecule has 0 fully saturated rings. The normalized spacial score (nSPS) is 10.3. The Labute approximate surface area is 470 Å². The van der Waals surface area contributed by atoms with Crippen LogP contribution in [0.25, 0.3) is 43.1 Å². The van der Waals surface area contributed by atoms with Gasteiger partial charge in [-0.3, -0.25) is 16.9 Å². The van der Waals surface area contributed by atoms with Crippen LogP contribution in [0.1, 0.15) is 84.1 Å². The molecule has 0 amide bonds. The van der Waals surface area contributed by atoms with Gasteiger partial charge in [0.05, 0.1) is 39.2 Å². The van der Waals surface area contributed by atoms with Crippen LogP contribution < -0.4 is 0 Å². The van der Waals surface area contributed by atoms with Crippen LogP contribution in [-0.2, 0) is 57.4 Å². The van der Waals surface area contributed by atoms with E-state index in [1.807, 2.05) is 55.4 Å². The molecule has 18 heteroatoms. The van der Waals surface area contributed by atoms with E-state index in [4.69, 9.17) is 0 Å². The lowest BCUT2D eigenvalue weighted by Gasteiger charge is -1.99. The number of nitrogens with zero attached hydrogens (tertiary/aromatic N) is 2. The standard InChI is InChI=1S/4C10H8.C6H12N2O6S2.2C2H6O3S.4C2H6.2CH4/c4*1-2-6-10-8-4-3-7-9(10)5-1;1-5(7-13-15(3,9)10)6(2)8-14-16(4,11)12;2*1-5-6(2,3)4;4*1-2;;/h4*1-8H;1-4H3;2*1-2H3;4*1-2H3;2*1H4. The summed E-state index contributed by atoms with van der Waals surface area (Å²) >= 11 is 0. The van der Waals surface area contributed by atoms with Gasteiger partial charge in [-0.25, -0.2) is 0 Å². The second-order valence-electron chi connectivity index (χ2n) is 14.0. The largest absolute Gasteiger partial charge is 0.325 e. The Balaban J connectivity index is -0.000000263. The quantitative estimate of drug-likeness (QED) is 0.0832. The molecule has 0 radical (unpaired) electrons. The van der Waals surface area contributed by atoms with Crippen molar-refractivity contribution in [1.29, 1.82) is 0 Å². The van der Waals surface area contributed by atoms with E-state index in [0.717, 1.165) is 39.2 Å². The maximum atomic E-state index is 10.6. The van der Waals surface area contributed by atoms with Gasteiger partial charge >= 0.3 is 20.2 Å². The first-order valence-electron chi connectivity index (χ1n) is 24.1. The van der Waals surface area contributed by atoms with Crippen LogP contribution in [0.2, 0.25) is 0 Å². The van der Waals surface area contributed by atoms with E-state index in [1.165, 1.54) is 56.9 Å². The molecule has 0 heterocycles. The average Bonchev–Trinajstić information content (AvgIpc) is 3.44. The Morgan fingerprint density at radius 2 is 0.385 bits per heavy atom. The summed E-state index contributed by atoms with van der Waals surface area (Å²) in [5.74, 6) is 0. The average molecular weight is 1160 g/mol. The summed E-state index contributed by atoms with van der Waals surface area (Å²) in [4.78, 5) is 0. The van der Waals surface area contributed by atoms with Crippen LogP contribution in [0.4, 0.5) is 0 Å². The van der Waals surface area contributed by atoms with E-state index in [9.17, 15) is 33.7 Å². The van der Waals surface area contributed by atoms with Crippen LogP contribution in [0.15, 0.2) is 204 Å². The number of benzene rings is 8. The summed E-state index contributed by atoms with van der Waals surface area (Å²) in [6, 6.07) is 66.9. The molecule has 0 unspecified atom stereocenters. The Kier molecular flexibility index (Phi) is 47.9. The smallest absolute Gasteiger partial charge is 0.274 e. The number of rotatable bonds is 7. The van der Waals surface area contributed by atoms with Crippen molar-refractivity contribution in [1.82, 2.24) is 0 Å². The topological polar surface area (TPSA) is 198 Å². The molecule has 0 atom stereocenters. The van der Waals surface area contributed by atoms with Gasteiger partial charge in [-0.1, -0.05) is 275 Å². The lowest BCUT2D eigenvalue weighted by molar-refractivity contribution is 0.338. The van der Waals surface area contributed by atoms with Crippen molar-refractivity contribution in [3.8, 4) is 0 Å². The van der Waals surface area contributed by atoms with Crippen LogP contribution in [0, 0.1) is 0 Å². The van der Waals surface area contributed by atoms with Crippen LogP contribution in [0.3, 0.4) is 0 Å². The van der Waals surface area contributed by atoms with Crippen molar-refractivity contribution in [3.63, 3.8) is 0 Å². The Hall–Kier alpha value is -6.54. The fourth-order valence-corrected chi connectivity index (χ4v) is 5.41. The lowest BCUT2D eigenvalue weighted by Crippen LogP contribution is -2.10. The van der Waals surface area contributed by atoms with Crippen molar-refractivity contribution < 1.29 is 50.6 Å². The zero-order chi connectivity index (χ0) is 58.6. The number of hydrogen-bond acceptors (Lipinski definition) is 14. The fourth-order valence-electron chi connectivity index (χ4n) is 4.91. The highest BCUT2D eigenvalue weighted by molar-refractivity contribution is 7.86. The van der Waals surface area contributed by atoms with E-state index in [0.29, 0.717) is 0 Å². The summed E-state index contributed by atoms with van der Waals surface area (Å²) in [6.07, 6.45) is 3.63. The van der Waals surface area contributed by atoms with Gasteiger partial charge in [0.1, 0.15) is 11.4 Å². The van der Waals surface area contributed by atoms with E-state index < -0.39 is 40.5 Å². The molecule has 78 heavy (non-hydrogen) atoms. The van der Waals surface area contributed by atoms with Crippen LogP contribution in [-0.4, -0.2) is 84.3 Å². The van der Waals surface area contributed by atoms with Crippen LogP contribution in [0.5, 0.6) is 0 Å². The first kappa shape index (κ1) is 80.3. The molecule has 8 rings (SSSR count). The number of fused-ring (bicyclic) bond motifs is 4. The van der Waals surface area contributed by atoms with Crippen molar-refractivity contribution in [3.05, 3.63) is 194 Å². The molecule has 0 aromatic heterocycles. The molecule has 0 N–H and O–H groups in total. The minimum Gasteiger partial charge on any atom is -0.274 e. The SMILES string of the molecule is C.C.CC.CC.CC.CC.CC(=NOS(C)(=O)=O)C(C)=NOS(C)(=O)=O.COS(C)(=O)=O.COS(C)(=O)=O.c1ccc2ccccc2c1.c1ccc2ccccc2c1.c1ccc2ccccc2c1.c1ccc2ccccc2c1. The molecule has 0 saturated heterocycles. The first-order valence-corrected chi connectivity index (χ1v) is 31.4. The molecule has 0 saturated carbocycles. The Morgan fingerprint density at radius 1 is 0.282 bits per heavy atom. The summed E-state index contributed by atoms with van der Waals surface area (Å²) < 4.78 is 97.5. The maximum Gasteiger partial charge on any atom is 0.325 e. The van der Waals surface area contributed by atoms with E-state index in [1.54, 1.807) is 0 Å². The molecule has 0 bridgehead atoms. The molecule has 0 spiro atoms. The molecule has 8 aromatic rings. The minimum atomic E-state index is -3.70. The van der Waals surface area contributed by atoms with E-state index in [2.05, 4.69) is 221 Å². The van der Waals surface area contributed by atoms with Gasteiger partial charge in [0.25, 0.3) is 20.2 Å². The third kappa shape index (κ3) is 42.6. The van der Waals surface area contributed by atoms with Gasteiger partial charge in [-0.2, -0.15) is 33.7 Å². The molecule has 14 nitrogen and oxygen atoms in total. The minimum absolute atomic E-state index is 0. The van der Waals surface area contributed by atoms with Gasteiger partial charge in [-0.15, -0.1) is 0 Å². The zero-order valence-electron chi connectivity index (χ0n) is 46.9. The monoisotopic (exact) mass is 1160 g/mol. The second-order valence-corrected chi connectivity index (χ2v) is 20.6. The van der Waals surface area contributed by atoms with E-state index >= 15 is 0 Å². The third-order valence-electron chi connectivity index (χ3n) is 8.38. The number of hydrogen-bond donors (Lipinski definition) is 0. The molecule has 8 aromatic carbocycles. The predicted octanol–water partition coefficient (Wildman–Crippen LogP) is 15.6. The van der Waals surface area contributed by atoms with Gasteiger partial charge in [0.2, 0.25) is 0 Å². The zero-order valence-corrected chi connectivity index (χ0v) is 50.2. The third-order valence-corrected chi connectivity index (χ3v) is 10.3. The van der Waals surface area contributed by atoms with E-state index in [-0.39, 0.29) is 26.3 Å². The molecular weight excluding hydrogens is 1070 g/mol. The molecular formula is C60H88N2O12S4. The van der Waals surface area contributed by atoms with Crippen molar-refractivity contribution in [2.24, 2.45) is 10.3 Å². The Morgan fingerprint density at radius 3 is 0.462 bits per heavy atom. The summed E-state index contributed by atoms with van der Waals surface area (Å²) in [5.41, 5.74) is 0.156. The summed E-state index contributed by atoms with van der Waals surface area (Å²) in [5, 5.41) is 16.9.